The summed E-state index contributed by atoms with van der Waals surface area (Å²) in [6, 6.07) is 0. The van der Waals surface area contributed by atoms with Gasteiger partial charge in [0.25, 0.3) is 0 Å². The van der Waals surface area contributed by atoms with Crippen LogP contribution in [-0.4, -0.2) is 32.0 Å². The summed E-state index contributed by atoms with van der Waals surface area (Å²) in [7, 11) is -1.98. The van der Waals surface area contributed by atoms with E-state index >= 15 is 0 Å². The first-order valence-corrected chi connectivity index (χ1v) is 6.16. The Hall–Kier alpha value is 0.0700. The van der Waals surface area contributed by atoms with Crippen molar-refractivity contribution in [1.82, 2.24) is 0 Å². The van der Waals surface area contributed by atoms with Gasteiger partial charge in [-0.05, 0) is 6.92 Å². The number of hydrogen-bond acceptors (Lipinski definition) is 5. The van der Waals surface area contributed by atoms with Crippen LogP contribution in [-0.2, 0) is 22.9 Å². The molecule has 2 unspecified atom stereocenters. The number of phosphoric acid groups is 1. The van der Waals surface area contributed by atoms with Crippen molar-refractivity contribution in [3.8, 4) is 0 Å². The fraction of sp³-hybridized carbons (Fsp3) is 1.00. The molecule has 5 atom stereocenters. The van der Waals surface area contributed by atoms with Gasteiger partial charge in [0, 0.05) is 13.0 Å². The lowest BCUT2D eigenvalue weighted by Gasteiger charge is -2.30. The lowest BCUT2D eigenvalue weighted by atomic mass is 10.00. The van der Waals surface area contributed by atoms with Crippen LogP contribution in [0, 0.1) is 5.92 Å². The minimum Gasteiger partial charge on any atom is -0.370 e. The molecular formula is C8H15O5P. The minimum atomic E-state index is -3.31. The van der Waals surface area contributed by atoms with Crippen molar-refractivity contribution in [1.29, 1.82) is 0 Å². The molecule has 2 aliphatic rings. The van der Waals surface area contributed by atoms with Gasteiger partial charge in [-0.3, -0.25) is 13.6 Å². The van der Waals surface area contributed by atoms with E-state index in [0.29, 0.717) is 0 Å². The van der Waals surface area contributed by atoms with E-state index < -0.39 is 7.82 Å². The summed E-state index contributed by atoms with van der Waals surface area (Å²) in [5.74, 6) is 0.215. The highest BCUT2D eigenvalue weighted by Gasteiger charge is 2.49. The Labute approximate surface area is 83.3 Å². The van der Waals surface area contributed by atoms with E-state index in [9.17, 15) is 4.57 Å². The lowest BCUT2D eigenvalue weighted by molar-refractivity contribution is -0.0532. The third-order valence-corrected chi connectivity index (χ3v) is 4.30. The first kappa shape index (κ1) is 10.6. The van der Waals surface area contributed by atoms with Gasteiger partial charge in [0.1, 0.15) is 12.2 Å². The average molecular weight is 222 g/mol. The molecular weight excluding hydrogens is 207 g/mol. The van der Waals surface area contributed by atoms with Crippen LogP contribution in [0.4, 0.5) is 0 Å². The SMILES string of the molecule is COP1(=O)OC[C@H]2O[C@@H](C)C(C)[C@@H]2O1. The first-order chi connectivity index (χ1) is 6.56. The number of ether oxygens (including phenoxy) is 1. The van der Waals surface area contributed by atoms with Crippen LogP contribution in [0.15, 0.2) is 0 Å². The Balaban J connectivity index is 2.12. The van der Waals surface area contributed by atoms with Gasteiger partial charge < -0.3 is 4.74 Å². The zero-order chi connectivity index (χ0) is 10.3. The van der Waals surface area contributed by atoms with Crippen molar-refractivity contribution in [3.63, 3.8) is 0 Å². The molecule has 0 aromatic rings. The zero-order valence-corrected chi connectivity index (χ0v) is 9.40. The van der Waals surface area contributed by atoms with Gasteiger partial charge in [-0.15, -0.1) is 0 Å². The van der Waals surface area contributed by atoms with Gasteiger partial charge in [-0.2, -0.15) is 0 Å². The van der Waals surface area contributed by atoms with Gasteiger partial charge in [0.2, 0.25) is 0 Å². The summed E-state index contributed by atoms with van der Waals surface area (Å²) in [5, 5.41) is 0. The van der Waals surface area contributed by atoms with Crippen molar-refractivity contribution in [3.05, 3.63) is 0 Å². The Bertz CT molecular complexity index is 268. The van der Waals surface area contributed by atoms with Crippen molar-refractivity contribution in [2.24, 2.45) is 5.92 Å². The molecule has 0 aromatic heterocycles. The van der Waals surface area contributed by atoms with Crippen LogP contribution < -0.4 is 0 Å². The Morgan fingerprint density at radius 1 is 1.43 bits per heavy atom. The molecule has 0 saturated carbocycles. The fourth-order valence-corrected chi connectivity index (χ4v) is 3.03. The van der Waals surface area contributed by atoms with E-state index in [1.807, 2.05) is 13.8 Å². The molecule has 0 bridgehead atoms. The van der Waals surface area contributed by atoms with Gasteiger partial charge in [-0.25, -0.2) is 4.57 Å². The summed E-state index contributed by atoms with van der Waals surface area (Å²) in [6.07, 6.45) is -0.182. The summed E-state index contributed by atoms with van der Waals surface area (Å²) in [4.78, 5) is 0. The molecule has 2 fully saturated rings. The standard InChI is InChI=1S/C8H15O5P/c1-5-6(2)12-7-4-11-14(9,10-3)13-8(5)7/h5-8H,4H2,1-3H3/t5?,6-,7+,8-,14?/m0/s1. The van der Waals surface area contributed by atoms with Crippen molar-refractivity contribution >= 4 is 7.82 Å². The van der Waals surface area contributed by atoms with E-state index in [0.717, 1.165) is 0 Å². The van der Waals surface area contributed by atoms with Crippen LogP contribution in [0.5, 0.6) is 0 Å². The highest BCUT2D eigenvalue weighted by molar-refractivity contribution is 7.48. The van der Waals surface area contributed by atoms with Gasteiger partial charge in [-0.1, -0.05) is 6.92 Å². The summed E-state index contributed by atoms with van der Waals surface area (Å²) in [5.41, 5.74) is 0. The molecule has 6 heteroatoms. The summed E-state index contributed by atoms with van der Waals surface area (Å²) >= 11 is 0. The van der Waals surface area contributed by atoms with Crippen molar-refractivity contribution in [2.45, 2.75) is 32.2 Å². The van der Waals surface area contributed by atoms with Gasteiger partial charge >= 0.3 is 7.82 Å². The molecule has 0 amide bonds. The van der Waals surface area contributed by atoms with Crippen LogP contribution in [0.25, 0.3) is 0 Å². The maximum absolute atomic E-state index is 11.7. The summed E-state index contributed by atoms with van der Waals surface area (Å²) in [6.45, 7) is 4.27. The minimum absolute atomic E-state index is 0.108. The monoisotopic (exact) mass is 222 g/mol. The van der Waals surface area contributed by atoms with E-state index in [-0.39, 0.29) is 30.8 Å². The maximum atomic E-state index is 11.7. The van der Waals surface area contributed by atoms with Crippen LogP contribution >= 0.6 is 7.82 Å². The molecule has 0 spiro atoms. The third-order valence-electron chi connectivity index (χ3n) is 2.89. The lowest BCUT2D eigenvalue weighted by Crippen LogP contribution is -2.36. The molecule has 2 aliphatic heterocycles. The van der Waals surface area contributed by atoms with E-state index in [4.69, 9.17) is 18.3 Å². The molecule has 2 saturated heterocycles. The number of rotatable bonds is 1. The van der Waals surface area contributed by atoms with Gasteiger partial charge in [0.15, 0.2) is 0 Å². The van der Waals surface area contributed by atoms with Crippen molar-refractivity contribution in [2.75, 3.05) is 13.7 Å². The maximum Gasteiger partial charge on any atom is 0.474 e. The van der Waals surface area contributed by atoms with Crippen LogP contribution in [0.3, 0.4) is 0 Å². The highest BCUT2D eigenvalue weighted by atomic mass is 31.2. The highest BCUT2D eigenvalue weighted by Crippen LogP contribution is 2.55. The molecule has 2 heterocycles. The Kier molecular flexibility index (Phi) is 2.70. The molecule has 0 radical (unpaired) electrons. The number of hydrogen-bond donors (Lipinski definition) is 0. The topological polar surface area (TPSA) is 54.0 Å². The summed E-state index contributed by atoms with van der Waals surface area (Å²) < 4.78 is 32.3. The quantitative estimate of drug-likeness (QED) is 0.630. The molecule has 5 nitrogen and oxygen atoms in total. The smallest absolute Gasteiger partial charge is 0.370 e. The largest absolute Gasteiger partial charge is 0.474 e. The molecule has 0 aromatic carbocycles. The molecule has 0 aliphatic carbocycles. The average Bonchev–Trinajstić information content (AvgIpc) is 2.44. The van der Waals surface area contributed by atoms with Crippen LogP contribution in [0.2, 0.25) is 0 Å². The second-order valence-electron chi connectivity index (χ2n) is 3.73. The zero-order valence-electron chi connectivity index (χ0n) is 8.50. The third kappa shape index (κ3) is 1.64. The van der Waals surface area contributed by atoms with E-state index in [1.54, 1.807) is 0 Å². The Morgan fingerprint density at radius 2 is 2.14 bits per heavy atom. The predicted octanol–water partition coefficient (Wildman–Crippen LogP) is 1.58. The fourth-order valence-electron chi connectivity index (χ4n) is 1.82. The predicted molar refractivity (Wildman–Crippen MR) is 48.9 cm³/mol. The molecule has 0 N–H and O–H groups in total. The van der Waals surface area contributed by atoms with E-state index in [2.05, 4.69) is 0 Å². The molecule has 2 rings (SSSR count). The molecule has 82 valence electrons. The number of fused-ring (bicyclic) bond motifs is 1. The second kappa shape index (κ2) is 3.58. The van der Waals surface area contributed by atoms with Crippen LogP contribution in [0.1, 0.15) is 13.8 Å². The van der Waals surface area contributed by atoms with Crippen molar-refractivity contribution < 1.29 is 22.9 Å². The molecule has 14 heavy (non-hydrogen) atoms. The second-order valence-corrected chi connectivity index (χ2v) is 5.46. The van der Waals surface area contributed by atoms with E-state index in [1.165, 1.54) is 7.11 Å². The first-order valence-electron chi connectivity index (χ1n) is 4.70. The van der Waals surface area contributed by atoms with Gasteiger partial charge in [0.05, 0.1) is 12.7 Å². The number of phosphoric ester groups is 1. The Morgan fingerprint density at radius 3 is 2.79 bits per heavy atom. The normalized spacial score (nSPS) is 53.1.